The predicted octanol–water partition coefficient (Wildman–Crippen LogP) is 3.68. The lowest BCUT2D eigenvalue weighted by molar-refractivity contribution is -0.384. The van der Waals surface area contributed by atoms with Crippen LogP contribution in [0.4, 0.5) is 10.5 Å². The van der Waals surface area contributed by atoms with Crippen LogP contribution < -0.4 is 25.5 Å². The summed E-state index contributed by atoms with van der Waals surface area (Å²) in [4.78, 5) is 35.1. The number of nitro benzene ring substituents is 1. The van der Waals surface area contributed by atoms with Crippen LogP contribution in [0.15, 0.2) is 69.3 Å². The van der Waals surface area contributed by atoms with Crippen molar-refractivity contribution in [2.75, 3.05) is 20.3 Å². The van der Waals surface area contributed by atoms with Gasteiger partial charge >= 0.3 is 12.0 Å². The van der Waals surface area contributed by atoms with Crippen LogP contribution in [0.2, 0.25) is 0 Å². The van der Waals surface area contributed by atoms with Gasteiger partial charge in [-0.1, -0.05) is 6.07 Å². The average molecular weight is 594 g/mol. The largest absolute Gasteiger partial charge is 0.490 e. The molecule has 2 atom stereocenters. The molecule has 0 spiro atoms. The van der Waals surface area contributed by atoms with Crippen molar-refractivity contribution in [2.24, 2.45) is 5.10 Å². The molecule has 0 unspecified atom stereocenters. The summed E-state index contributed by atoms with van der Waals surface area (Å²) < 4.78 is 22.1. The van der Waals surface area contributed by atoms with Gasteiger partial charge in [-0.3, -0.25) is 15.5 Å². The standard InChI is InChI=1S/C29H31N5O9/c1-5-41-24-13-18(27-26(28(36)40-4)17(3)31-29(37)32-27)6-10-23(24)42-15-25(35)33-30-14-20-8-11-22(43-20)21-9-7-19(34(38)39)12-16(21)2/h6-14,25,27,33,35H,5,15H2,1-4H3,(H2,31,32,37)/b30-14+/t25-,27+/m0/s1. The third kappa shape index (κ3) is 7.29. The maximum absolute atomic E-state index is 12.4. The summed E-state index contributed by atoms with van der Waals surface area (Å²) in [5.74, 6) is 0.983. The fraction of sp³-hybridized carbons (Fsp3) is 0.276. The van der Waals surface area contributed by atoms with E-state index in [1.807, 2.05) is 0 Å². The van der Waals surface area contributed by atoms with Crippen molar-refractivity contribution in [3.8, 4) is 22.8 Å². The van der Waals surface area contributed by atoms with Crippen molar-refractivity contribution >= 4 is 23.9 Å². The number of furan rings is 1. The number of non-ortho nitro benzene ring substituents is 1. The van der Waals surface area contributed by atoms with E-state index in [-0.39, 0.29) is 17.9 Å². The Morgan fingerprint density at radius 3 is 2.67 bits per heavy atom. The van der Waals surface area contributed by atoms with Crippen molar-refractivity contribution in [3.05, 3.63) is 86.8 Å². The van der Waals surface area contributed by atoms with Crippen LogP contribution in [0, 0.1) is 17.0 Å². The molecule has 43 heavy (non-hydrogen) atoms. The quantitative estimate of drug-likeness (QED) is 0.0793. The molecule has 2 heterocycles. The van der Waals surface area contributed by atoms with Crippen LogP contribution in [0.1, 0.15) is 36.8 Å². The van der Waals surface area contributed by atoms with Gasteiger partial charge in [-0.25, -0.2) is 9.59 Å². The topological polar surface area (TPSA) is 187 Å². The number of aliphatic hydroxyl groups is 1. The second kappa shape index (κ2) is 13.5. The van der Waals surface area contributed by atoms with E-state index in [1.54, 1.807) is 57.2 Å². The number of aryl methyl sites for hydroxylation is 1. The van der Waals surface area contributed by atoms with E-state index in [9.17, 15) is 24.8 Å². The van der Waals surface area contributed by atoms with Gasteiger partial charge in [0.2, 0.25) is 0 Å². The normalized spacial score (nSPS) is 15.5. The zero-order valence-electron chi connectivity index (χ0n) is 23.9. The fourth-order valence-corrected chi connectivity index (χ4v) is 4.41. The molecular formula is C29H31N5O9. The van der Waals surface area contributed by atoms with Crippen LogP contribution in [0.25, 0.3) is 11.3 Å². The molecule has 0 aliphatic carbocycles. The number of carbonyl (C=O) groups is 2. The maximum Gasteiger partial charge on any atom is 0.337 e. The van der Waals surface area contributed by atoms with Gasteiger partial charge < -0.3 is 34.4 Å². The summed E-state index contributed by atoms with van der Waals surface area (Å²) in [5, 5.41) is 30.6. The van der Waals surface area contributed by atoms with Crippen LogP contribution in [0.3, 0.4) is 0 Å². The first-order valence-electron chi connectivity index (χ1n) is 13.2. The van der Waals surface area contributed by atoms with Gasteiger partial charge in [0, 0.05) is 23.4 Å². The number of rotatable bonds is 12. The lowest BCUT2D eigenvalue weighted by Crippen LogP contribution is -2.45. The number of methoxy groups -OCH3 is 1. The van der Waals surface area contributed by atoms with Crippen molar-refractivity contribution in [1.29, 1.82) is 0 Å². The van der Waals surface area contributed by atoms with Crippen LogP contribution >= 0.6 is 0 Å². The van der Waals surface area contributed by atoms with Crippen molar-refractivity contribution in [2.45, 2.75) is 33.0 Å². The minimum absolute atomic E-state index is 0.00507. The summed E-state index contributed by atoms with van der Waals surface area (Å²) in [6.07, 6.45) is 0.173. The lowest BCUT2D eigenvalue weighted by Gasteiger charge is -2.28. The molecule has 0 saturated heterocycles. The zero-order valence-corrected chi connectivity index (χ0v) is 23.9. The maximum atomic E-state index is 12.4. The molecule has 14 nitrogen and oxygen atoms in total. The number of hydrogen-bond donors (Lipinski definition) is 4. The number of hydrazone groups is 1. The van der Waals surface area contributed by atoms with Crippen molar-refractivity contribution < 1.29 is 38.2 Å². The number of nitrogens with zero attached hydrogens (tertiary/aromatic N) is 2. The molecule has 2 amide bonds. The Balaban J connectivity index is 1.39. The molecule has 3 aromatic rings. The molecule has 1 aromatic heterocycles. The minimum atomic E-state index is -1.20. The Kier molecular flexibility index (Phi) is 9.62. The molecule has 0 bridgehead atoms. The highest BCUT2D eigenvalue weighted by Crippen LogP contribution is 2.35. The predicted molar refractivity (Wildman–Crippen MR) is 155 cm³/mol. The molecular weight excluding hydrogens is 562 g/mol. The van der Waals surface area contributed by atoms with Crippen LogP contribution in [-0.2, 0) is 9.53 Å². The van der Waals surface area contributed by atoms with E-state index in [4.69, 9.17) is 18.6 Å². The Morgan fingerprint density at radius 2 is 1.98 bits per heavy atom. The monoisotopic (exact) mass is 593 g/mol. The summed E-state index contributed by atoms with van der Waals surface area (Å²) in [6, 6.07) is 11.6. The molecule has 14 heteroatoms. The van der Waals surface area contributed by atoms with Crippen molar-refractivity contribution in [1.82, 2.24) is 16.1 Å². The van der Waals surface area contributed by atoms with Gasteiger partial charge in [-0.15, -0.1) is 0 Å². The van der Waals surface area contributed by atoms with E-state index in [0.29, 0.717) is 52.0 Å². The highest BCUT2D eigenvalue weighted by atomic mass is 16.6. The number of benzene rings is 2. The van der Waals surface area contributed by atoms with Crippen LogP contribution in [-0.4, -0.2) is 54.8 Å². The second-order valence-electron chi connectivity index (χ2n) is 9.37. The molecule has 0 radical (unpaired) electrons. The van der Waals surface area contributed by atoms with E-state index in [0.717, 1.165) is 0 Å². The van der Waals surface area contributed by atoms with Gasteiger partial charge in [0.15, 0.2) is 17.7 Å². The summed E-state index contributed by atoms with van der Waals surface area (Å²) >= 11 is 0. The second-order valence-corrected chi connectivity index (χ2v) is 9.37. The zero-order chi connectivity index (χ0) is 31.1. The highest BCUT2D eigenvalue weighted by Gasteiger charge is 2.32. The Labute approximate surface area is 246 Å². The van der Waals surface area contributed by atoms with E-state index >= 15 is 0 Å². The van der Waals surface area contributed by atoms with Gasteiger partial charge in [0.1, 0.15) is 18.1 Å². The number of nitrogens with one attached hydrogen (secondary N) is 3. The number of aliphatic hydroxyl groups excluding tert-OH is 1. The Hall–Kier alpha value is -5.37. The number of amides is 2. The molecule has 1 aliphatic rings. The first-order valence-corrected chi connectivity index (χ1v) is 13.2. The van der Waals surface area contributed by atoms with Crippen LogP contribution in [0.5, 0.6) is 11.5 Å². The molecule has 0 fully saturated rings. The Bertz CT molecular complexity index is 1580. The smallest absolute Gasteiger partial charge is 0.337 e. The van der Waals surface area contributed by atoms with E-state index in [1.165, 1.54) is 25.5 Å². The van der Waals surface area contributed by atoms with Gasteiger partial charge in [-0.2, -0.15) is 5.10 Å². The average Bonchev–Trinajstić information content (AvgIpc) is 3.44. The molecule has 226 valence electrons. The van der Waals surface area contributed by atoms with Gasteiger partial charge in [-0.05, 0) is 62.2 Å². The minimum Gasteiger partial charge on any atom is -0.490 e. The number of nitro groups is 1. The fourth-order valence-electron chi connectivity index (χ4n) is 4.41. The number of esters is 1. The number of hydrogen-bond acceptors (Lipinski definition) is 11. The highest BCUT2D eigenvalue weighted by molar-refractivity contribution is 5.95. The SMILES string of the molecule is CCOc1cc([C@H]2NC(=O)NC(C)=C2C(=O)OC)ccc1OC[C@H](O)N/N=C/c1ccc(-c2ccc([N+](=O)[O-])cc2C)o1. The summed E-state index contributed by atoms with van der Waals surface area (Å²) in [7, 11) is 1.26. The van der Waals surface area contributed by atoms with Crippen molar-refractivity contribution in [3.63, 3.8) is 0 Å². The number of carbonyl (C=O) groups excluding carboxylic acids is 2. The molecule has 4 rings (SSSR count). The molecule has 0 saturated carbocycles. The van der Waals surface area contributed by atoms with E-state index < -0.39 is 29.2 Å². The third-order valence-corrected chi connectivity index (χ3v) is 6.40. The number of ether oxygens (including phenoxy) is 3. The number of allylic oxidation sites excluding steroid dienone is 1. The molecule has 2 aromatic carbocycles. The lowest BCUT2D eigenvalue weighted by atomic mass is 9.95. The molecule has 4 N–H and O–H groups in total. The first kappa shape index (κ1) is 30.6. The third-order valence-electron chi connectivity index (χ3n) is 6.40. The molecule has 1 aliphatic heterocycles. The Morgan fingerprint density at radius 1 is 1.19 bits per heavy atom. The summed E-state index contributed by atoms with van der Waals surface area (Å²) in [5.41, 5.74) is 5.13. The van der Waals surface area contributed by atoms with Gasteiger partial charge in [0.25, 0.3) is 5.69 Å². The summed E-state index contributed by atoms with van der Waals surface area (Å²) in [6.45, 7) is 5.27. The van der Waals surface area contributed by atoms with E-state index in [2.05, 4.69) is 21.2 Å². The van der Waals surface area contributed by atoms with Gasteiger partial charge in [0.05, 0.1) is 36.5 Å². The number of urea groups is 1. The first-order chi connectivity index (χ1) is 20.6.